The lowest BCUT2D eigenvalue weighted by atomic mass is 10.1. The Kier molecular flexibility index (Phi) is 4.34. The van der Waals surface area contributed by atoms with Gasteiger partial charge in [0, 0.05) is 38.8 Å². The van der Waals surface area contributed by atoms with Gasteiger partial charge in [-0.05, 0) is 41.7 Å². The van der Waals surface area contributed by atoms with Gasteiger partial charge in [0.05, 0.1) is 11.6 Å². The standard InChI is InChI=1S/C21H23N3/c22-15-17-5-7-18(8-6-17)16-23-9-11-24(12-10-23)21-13-19-3-1-2-4-20(19)14-21/h1-8,21H,9-14,16H2. The molecule has 24 heavy (non-hydrogen) atoms. The van der Waals surface area contributed by atoms with Crippen LogP contribution >= 0.6 is 0 Å². The summed E-state index contributed by atoms with van der Waals surface area (Å²) >= 11 is 0. The summed E-state index contributed by atoms with van der Waals surface area (Å²) in [6, 6.07) is 19.8. The monoisotopic (exact) mass is 317 g/mol. The highest BCUT2D eigenvalue weighted by atomic mass is 15.3. The van der Waals surface area contributed by atoms with Gasteiger partial charge in [-0.25, -0.2) is 0 Å². The summed E-state index contributed by atoms with van der Waals surface area (Å²) in [5.41, 5.74) is 5.13. The molecule has 1 heterocycles. The zero-order chi connectivity index (χ0) is 16.4. The summed E-state index contributed by atoms with van der Waals surface area (Å²) in [6.45, 7) is 5.58. The Hall–Kier alpha value is -2.15. The Balaban J connectivity index is 1.30. The van der Waals surface area contributed by atoms with Crippen LogP contribution in [0.2, 0.25) is 0 Å². The van der Waals surface area contributed by atoms with E-state index in [4.69, 9.17) is 5.26 Å². The second-order valence-electron chi connectivity index (χ2n) is 6.95. The first-order valence-electron chi connectivity index (χ1n) is 8.84. The Labute approximate surface area is 144 Å². The maximum atomic E-state index is 8.88. The Bertz CT molecular complexity index is 711. The van der Waals surface area contributed by atoms with Crippen molar-refractivity contribution in [1.29, 1.82) is 5.26 Å². The fourth-order valence-electron chi connectivity index (χ4n) is 4.02. The molecule has 122 valence electrons. The lowest BCUT2D eigenvalue weighted by Crippen LogP contribution is -2.50. The number of hydrogen-bond acceptors (Lipinski definition) is 3. The van der Waals surface area contributed by atoms with E-state index in [2.05, 4.69) is 52.3 Å². The Morgan fingerprint density at radius 2 is 1.50 bits per heavy atom. The normalized spacial score (nSPS) is 19.1. The first-order valence-corrected chi connectivity index (χ1v) is 8.84. The molecule has 3 nitrogen and oxygen atoms in total. The van der Waals surface area contributed by atoms with Crippen molar-refractivity contribution in [3.63, 3.8) is 0 Å². The number of hydrogen-bond donors (Lipinski definition) is 0. The third kappa shape index (κ3) is 3.21. The summed E-state index contributed by atoms with van der Waals surface area (Å²) in [7, 11) is 0. The van der Waals surface area contributed by atoms with Crippen molar-refractivity contribution in [3.05, 3.63) is 70.8 Å². The van der Waals surface area contributed by atoms with Gasteiger partial charge in [0.2, 0.25) is 0 Å². The van der Waals surface area contributed by atoms with E-state index in [1.165, 1.54) is 18.4 Å². The van der Waals surface area contributed by atoms with Crippen LogP contribution < -0.4 is 0 Å². The van der Waals surface area contributed by atoms with Gasteiger partial charge in [-0.2, -0.15) is 5.26 Å². The van der Waals surface area contributed by atoms with Crippen molar-refractivity contribution >= 4 is 0 Å². The minimum Gasteiger partial charge on any atom is -0.297 e. The van der Waals surface area contributed by atoms with Crippen LogP contribution in [0.15, 0.2) is 48.5 Å². The van der Waals surface area contributed by atoms with Crippen LogP contribution in [0.25, 0.3) is 0 Å². The van der Waals surface area contributed by atoms with Crippen LogP contribution in [0.1, 0.15) is 22.3 Å². The molecule has 1 saturated heterocycles. The van der Waals surface area contributed by atoms with Gasteiger partial charge in [0.15, 0.2) is 0 Å². The molecule has 1 fully saturated rings. The predicted octanol–water partition coefficient (Wildman–Crippen LogP) is 2.84. The molecule has 1 aliphatic carbocycles. The summed E-state index contributed by atoms with van der Waals surface area (Å²) in [5.74, 6) is 0. The van der Waals surface area contributed by atoms with Crippen LogP contribution in [0.4, 0.5) is 0 Å². The van der Waals surface area contributed by atoms with Crippen LogP contribution in [-0.2, 0) is 19.4 Å². The van der Waals surface area contributed by atoms with Crippen molar-refractivity contribution < 1.29 is 0 Å². The number of rotatable bonds is 3. The molecule has 0 N–H and O–H groups in total. The Morgan fingerprint density at radius 3 is 2.08 bits per heavy atom. The molecule has 2 aromatic rings. The van der Waals surface area contributed by atoms with Crippen molar-refractivity contribution in [2.75, 3.05) is 26.2 Å². The SMILES string of the molecule is N#Cc1ccc(CN2CCN(C3Cc4ccccc4C3)CC2)cc1. The molecule has 0 bridgehead atoms. The number of nitriles is 1. The van der Waals surface area contributed by atoms with Crippen molar-refractivity contribution in [1.82, 2.24) is 9.80 Å². The third-order valence-electron chi connectivity index (χ3n) is 5.44. The minimum atomic E-state index is 0.694. The van der Waals surface area contributed by atoms with E-state index in [1.54, 1.807) is 11.1 Å². The molecule has 0 radical (unpaired) electrons. The van der Waals surface area contributed by atoms with Gasteiger partial charge >= 0.3 is 0 Å². The second kappa shape index (κ2) is 6.76. The highest BCUT2D eigenvalue weighted by Gasteiger charge is 2.28. The molecule has 0 atom stereocenters. The lowest BCUT2D eigenvalue weighted by Gasteiger charge is -2.38. The molecule has 0 saturated carbocycles. The summed E-state index contributed by atoms with van der Waals surface area (Å²) in [4.78, 5) is 5.20. The van der Waals surface area contributed by atoms with E-state index < -0.39 is 0 Å². The average molecular weight is 317 g/mol. The predicted molar refractivity (Wildman–Crippen MR) is 95.6 cm³/mol. The van der Waals surface area contributed by atoms with E-state index in [9.17, 15) is 0 Å². The average Bonchev–Trinajstić information content (AvgIpc) is 3.07. The highest BCUT2D eigenvalue weighted by molar-refractivity contribution is 5.33. The largest absolute Gasteiger partial charge is 0.297 e. The number of fused-ring (bicyclic) bond motifs is 1. The molecular formula is C21H23N3. The topological polar surface area (TPSA) is 30.3 Å². The van der Waals surface area contributed by atoms with Gasteiger partial charge in [-0.1, -0.05) is 36.4 Å². The third-order valence-corrected chi connectivity index (χ3v) is 5.44. The van der Waals surface area contributed by atoms with Gasteiger partial charge in [0.1, 0.15) is 0 Å². The molecule has 0 spiro atoms. The summed E-state index contributed by atoms with van der Waals surface area (Å²) in [5, 5.41) is 8.88. The van der Waals surface area contributed by atoms with Gasteiger partial charge in [-0.15, -0.1) is 0 Å². The van der Waals surface area contributed by atoms with Crippen LogP contribution in [-0.4, -0.2) is 42.0 Å². The van der Waals surface area contributed by atoms with Crippen LogP contribution in [0.5, 0.6) is 0 Å². The fourth-order valence-corrected chi connectivity index (χ4v) is 4.02. The molecule has 4 rings (SSSR count). The molecule has 0 amide bonds. The van der Waals surface area contributed by atoms with Crippen LogP contribution in [0, 0.1) is 11.3 Å². The van der Waals surface area contributed by atoms with E-state index >= 15 is 0 Å². The second-order valence-corrected chi connectivity index (χ2v) is 6.95. The smallest absolute Gasteiger partial charge is 0.0991 e. The zero-order valence-corrected chi connectivity index (χ0v) is 14.0. The number of piperazine rings is 1. The summed E-state index contributed by atoms with van der Waals surface area (Å²) in [6.07, 6.45) is 2.43. The summed E-state index contributed by atoms with van der Waals surface area (Å²) < 4.78 is 0. The van der Waals surface area contributed by atoms with Gasteiger partial charge in [0.25, 0.3) is 0 Å². The molecular weight excluding hydrogens is 294 g/mol. The number of benzene rings is 2. The van der Waals surface area contributed by atoms with Gasteiger partial charge < -0.3 is 0 Å². The minimum absolute atomic E-state index is 0.694. The van der Waals surface area contributed by atoms with Gasteiger partial charge in [-0.3, -0.25) is 9.80 Å². The quantitative estimate of drug-likeness (QED) is 0.872. The van der Waals surface area contributed by atoms with Crippen molar-refractivity contribution in [2.24, 2.45) is 0 Å². The van der Waals surface area contributed by atoms with Crippen LogP contribution in [0.3, 0.4) is 0 Å². The van der Waals surface area contributed by atoms with E-state index in [0.29, 0.717) is 6.04 Å². The van der Waals surface area contributed by atoms with E-state index in [0.717, 1.165) is 38.3 Å². The fraction of sp³-hybridized carbons (Fsp3) is 0.381. The zero-order valence-electron chi connectivity index (χ0n) is 14.0. The van der Waals surface area contributed by atoms with E-state index in [1.807, 2.05) is 12.1 Å². The molecule has 0 aromatic heterocycles. The molecule has 1 aliphatic heterocycles. The molecule has 2 aromatic carbocycles. The molecule has 3 heteroatoms. The highest BCUT2D eigenvalue weighted by Crippen LogP contribution is 2.26. The maximum absolute atomic E-state index is 8.88. The Morgan fingerprint density at radius 1 is 0.875 bits per heavy atom. The van der Waals surface area contributed by atoms with Crippen molar-refractivity contribution in [2.45, 2.75) is 25.4 Å². The van der Waals surface area contributed by atoms with E-state index in [-0.39, 0.29) is 0 Å². The maximum Gasteiger partial charge on any atom is 0.0991 e. The number of nitrogens with zero attached hydrogens (tertiary/aromatic N) is 3. The first kappa shape index (κ1) is 15.4. The first-order chi connectivity index (χ1) is 11.8. The molecule has 2 aliphatic rings. The molecule has 0 unspecified atom stereocenters. The van der Waals surface area contributed by atoms with Crippen molar-refractivity contribution in [3.8, 4) is 6.07 Å². The lowest BCUT2D eigenvalue weighted by molar-refractivity contribution is 0.0949.